The van der Waals surface area contributed by atoms with Crippen LogP contribution in [-0.4, -0.2) is 57.7 Å². The van der Waals surface area contributed by atoms with Gasteiger partial charge in [-0.15, -0.1) is 0 Å². The number of carbonyl (C=O) groups excluding carboxylic acids is 2. The summed E-state index contributed by atoms with van der Waals surface area (Å²) in [5.41, 5.74) is 1.99. The minimum Gasteiger partial charge on any atom is -0.493 e. The summed E-state index contributed by atoms with van der Waals surface area (Å²) in [5, 5.41) is 0. The summed E-state index contributed by atoms with van der Waals surface area (Å²) >= 11 is 1.20. The molecule has 0 amide bonds. The van der Waals surface area contributed by atoms with Gasteiger partial charge in [-0.2, -0.15) is 0 Å². The van der Waals surface area contributed by atoms with Crippen molar-refractivity contribution >= 4 is 29.4 Å². The van der Waals surface area contributed by atoms with Crippen molar-refractivity contribution in [1.29, 1.82) is 0 Å². The van der Waals surface area contributed by atoms with Crippen molar-refractivity contribution < 1.29 is 33.3 Å². The molecule has 0 N–H and O–H groups in total. The van der Waals surface area contributed by atoms with Gasteiger partial charge in [0.25, 0.3) is 5.56 Å². The summed E-state index contributed by atoms with van der Waals surface area (Å²) in [6.45, 7) is 4.38. The van der Waals surface area contributed by atoms with E-state index in [4.69, 9.17) is 23.7 Å². The van der Waals surface area contributed by atoms with Crippen LogP contribution in [0.1, 0.15) is 47.8 Å². The number of allylic oxidation sites excluding steroid dienone is 1. The highest BCUT2D eigenvalue weighted by molar-refractivity contribution is 7.07. The van der Waals surface area contributed by atoms with E-state index in [9.17, 15) is 14.4 Å². The zero-order valence-electron chi connectivity index (χ0n) is 23.6. The van der Waals surface area contributed by atoms with E-state index in [1.54, 1.807) is 49.4 Å². The number of para-hydroxylation sites is 1. The molecule has 11 heteroatoms. The molecule has 0 bridgehead atoms. The minimum atomic E-state index is -0.882. The van der Waals surface area contributed by atoms with Gasteiger partial charge < -0.3 is 23.7 Å². The van der Waals surface area contributed by atoms with Crippen LogP contribution in [0.25, 0.3) is 6.08 Å². The highest BCUT2D eigenvalue weighted by Gasteiger charge is 2.36. The van der Waals surface area contributed by atoms with Crippen LogP contribution in [-0.2, 0) is 19.0 Å². The third-order valence-corrected chi connectivity index (χ3v) is 7.35. The fraction of sp³-hybridized carbons (Fsp3) is 0.333. The molecule has 0 spiro atoms. The monoisotopic (exact) mass is 580 g/mol. The molecule has 3 aromatic rings. The normalized spacial score (nSPS) is 14.8. The molecule has 2 heterocycles. The Morgan fingerprint density at radius 2 is 1.78 bits per heavy atom. The van der Waals surface area contributed by atoms with E-state index < -0.39 is 18.0 Å². The Hall–Kier alpha value is -4.22. The highest BCUT2D eigenvalue weighted by atomic mass is 32.1. The van der Waals surface area contributed by atoms with Gasteiger partial charge in [0.05, 0.1) is 48.8 Å². The number of hydrogen-bond donors (Lipinski definition) is 0. The predicted octanol–water partition coefficient (Wildman–Crippen LogP) is 3.01. The maximum atomic E-state index is 14.0. The van der Waals surface area contributed by atoms with Crippen LogP contribution in [0.4, 0.5) is 0 Å². The molecule has 0 saturated heterocycles. The third-order valence-electron chi connectivity index (χ3n) is 6.37. The van der Waals surface area contributed by atoms with Crippen molar-refractivity contribution in [3.63, 3.8) is 0 Å². The Bertz CT molecular complexity index is 1640. The van der Waals surface area contributed by atoms with Gasteiger partial charge in [-0.25, -0.2) is 14.6 Å². The summed E-state index contributed by atoms with van der Waals surface area (Å²) in [4.78, 5) is 44.3. The Morgan fingerprint density at radius 1 is 1.02 bits per heavy atom. The number of benzene rings is 2. The van der Waals surface area contributed by atoms with E-state index in [0.29, 0.717) is 49.8 Å². The molecule has 0 saturated carbocycles. The molecule has 10 nitrogen and oxygen atoms in total. The number of aromatic nitrogens is 1. The summed E-state index contributed by atoms with van der Waals surface area (Å²) in [7, 11) is 4.37. The molecular formula is C30H32N2O8S. The maximum Gasteiger partial charge on any atom is 0.338 e. The van der Waals surface area contributed by atoms with Gasteiger partial charge in [-0.3, -0.25) is 9.36 Å². The van der Waals surface area contributed by atoms with E-state index in [2.05, 4.69) is 4.99 Å². The average molecular weight is 581 g/mol. The number of methoxy groups -OCH3 is 3. The number of ether oxygens (including phenoxy) is 5. The van der Waals surface area contributed by atoms with Gasteiger partial charge >= 0.3 is 11.9 Å². The Kier molecular flexibility index (Phi) is 9.74. The highest BCUT2D eigenvalue weighted by Crippen LogP contribution is 2.40. The van der Waals surface area contributed by atoms with Crippen molar-refractivity contribution in [2.24, 2.45) is 4.99 Å². The molecule has 0 fully saturated rings. The van der Waals surface area contributed by atoms with Gasteiger partial charge in [-0.05, 0) is 43.2 Å². The van der Waals surface area contributed by atoms with Gasteiger partial charge in [-0.1, -0.05) is 42.5 Å². The standard InChI is InChI=1S/C30H32N2O8S/c1-6-14-39-26-21(8-7-9-22(26)37-4)25-24(29(35)40-16-15-36-3)18(2)31-30-32(25)27(33)23(41-30)17-19-10-12-20(13-11-19)28(34)38-5/h7-13,17,25H,6,14-16H2,1-5H3/b23-17+/t25-/m0/s1. The molecule has 1 atom stereocenters. The fourth-order valence-corrected chi connectivity index (χ4v) is 5.47. The quantitative estimate of drug-likeness (QED) is 0.251. The van der Waals surface area contributed by atoms with Crippen LogP contribution in [0.2, 0.25) is 0 Å². The lowest BCUT2D eigenvalue weighted by atomic mass is 9.94. The number of thiazole rings is 1. The second kappa shape index (κ2) is 13.4. The summed E-state index contributed by atoms with van der Waals surface area (Å²) in [5.74, 6) is -0.141. The summed E-state index contributed by atoms with van der Waals surface area (Å²) in [6, 6.07) is 11.2. The van der Waals surface area contributed by atoms with Crippen LogP contribution in [0.3, 0.4) is 0 Å². The van der Waals surface area contributed by atoms with Gasteiger partial charge in [0, 0.05) is 12.7 Å². The maximum absolute atomic E-state index is 14.0. The number of carbonyl (C=O) groups is 2. The fourth-order valence-electron chi connectivity index (χ4n) is 4.42. The number of esters is 2. The van der Waals surface area contributed by atoms with E-state index >= 15 is 0 Å². The van der Waals surface area contributed by atoms with Crippen molar-refractivity contribution in [3.05, 3.63) is 90.1 Å². The third kappa shape index (κ3) is 6.26. The Balaban J connectivity index is 1.91. The Labute approximate surface area is 241 Å². The zero-order valence-corrected chi connectivity index (χ0v) is 24.4. The van der Waals surface area contributed by atoms with E-state index in [1.165, 1.54) is 37.2 Å². The molecule has 1 aliphatic heterocycles. The van der Waals surface area contributed by atoms with Crippen LogP contribution >= 0.6 is 11.3 Å². The first kappa shape index (κ1) is 29.8. The lowest BCUT2D eigenvalue weighted by molar-refractivity contribution is -0.140. The number of fused-ring (bicyclic) bond motifs is 1. The summed E-state index contributed by atoms with van der Waals surface area (Å²) in [6.07, 6.45) is 2.47. The molecule has 0 unspecified atom stereocenters. The van der Waals surface area contributed by atoms with Crippen molar-refractivity contribution in [2.75, 3.05) is 41.2 Å². The van der Waals surface area contributed by atoms with Crippen LogP contribution < -0.4 is 24.4 Å². The smallest absolute Gasteiger partial charge is 0.338 e. The van der Waals surface area contributed by atoms with E-state index in [0.717, 1.165) is 6.42 Å². The van der Waals surface area contributed by atoms with Crippen molar-refractivity contribution in [2.45, 2.75) is 26.3 Å². The average Bonchev–Trinajstić information content (AvgIpc) is 3.28. The summed E-state index contributed by atoms with van der Waals surface area (Å²) < 4.78 is 28.9. The first-order valence-corrected chi connectivity index (χ1v) is 13.8. The SMILES string of the molecule is CCCOc1c(OC)cccc1[C@H]1C(C(=O)OCCOC)=C(C)N=c2s/c(=C/c3ccc(C(=O)OC)cc3)c(=O)n21. The first-order valence-electron chi connectivity index (χ1n) is 13.0. The number of hydrogen-bond acceptors (Lipinski definition) is 10. The molecule has 0 aliphatic carbocycles. The largest absolute Gasteiger partial charge is 0.493 e. The molecule has 2 aromatic carbocycles. The number of rotatable bonds is 11. The van der Waals surface area contributed by atoms with Crippen LogP contribution in [0.5, 0.6) is 11.5 Å². The van der Waals surface area contributed by atoms with Crippen LogP contribution in [0.15, 0.2) is 63.5 Å². The second-order valence-electron chi connectivity index (χ2n) is 9.05. The van der Waals surface area contributed by atoms with Gasteiger partial charge in [0.15, 0.2) is 16.3 Å². The van der Waals surface area contributed by atoms with Gasteiger partial charge in [0.1, 0.15) is 12.6 Å². The van der Waals surface area contributed by atoms with Crippen molar-refractivity contribution in [3.8, 4) is 11.5 Å². The van der Waals surface area contributed by atoms with E-state index in [1.807, 2.05) is 13.0 Å². The molecule has 4 rings (SSSR count). The predicted molar refractivity (Wildman–Crippen MR) is 153 cm³/mol. The molecular weight excluding hydrogens is 548 g/mol. The minimum absolute atomic E-state index is 0.0438. The Morgan fingerprint density at radius 3 is 2.44 bits per heavy atom. The first-order chi connectivity index (χ1) is 19.8. The second-order valence-corrected chi connectivity index (χ2v) is 10.1. The van der Waals surface area contributed by atoms with Crippen LogP contribution in [0, 0.1) is 0 Å². The lowest BCUT2D eigenvalue weighted by Gasteiger charge is -2.27. The molecule has 216 valence electrons. The van der Waals surface area contributed by atoms with Gasteiger partial charge in [0.2, 0.25) is 0 Å². The lowest BCUT2D eigenvalue weighted by Crippen LogP contribution is -2.40. The van der Waals surface area contributed by atoms with Crippen molar-refractivity contribution in [1.82, 2.24) is 4.57 Å². The number of nitrogens with zero attached hydrogens (tertiary/aromatic N) is 2. The topological polar surface area (TPSA) is 115 Å². The van der Waals surface area contributed by atoms with E-state index in [-0.39, 0.29) is 24.3 Å². The molecule has 1 aliphatic rings. The molecule has 0 radical (unpaired) electrons. The molecule has 41 heavy (non-hydrogen) atoms. The zero-order chi connectivity index (χ0) is 29.5. The molecule has 1 aromatic heterocycles.